The molecule has 1 aromatic heterocycles. The van der Waals surface area contributed by atoms with Crippen LogP contribution in [-0.2, 0) is 6.54 Å². The maximum absolute atomic E-state index is 8.56. The Morgan fingerprint density at radius 1 is 1.75 bits per heavy atom. The molecule has 5 nitrogen and oxygen atoms in total. The molecule has 0 saturated heterocycles. The van der Waals surface area contributed by atoms with Gasteiger partial charge in [-0.2, -0.15) is 0 Å². The van der Waals surface area contributed by atoms with E-state index in [0.29, 0.717) is 0 Å². The SMILES string of the molecule is Cc1ncsc1CN(C)CC(C)C(N)=NO. The lowest BCUT2D eigenvalue weighted by Crippen LogP contribution is -2.32. The maximum atomic E-state index is 8.56. The molecule has 0 aliphatic rings. The van der Waals surface area contributed by atoms with E-state index in [2.05, 4.69) is 15.0 Å². The van der Waals surface area contributed by atoms with E-state index in [9.17, 15) is 0 Å². The van der Waals surface area contributed by atoms with E-state index < -0.39 is 0 Å². The van der Waals surface area contributed by atoms with Gasteiger partial charge in [0, 0.05) is 23.9 Å². The van der Waals surface area contributed by atoms with E-state index in [4.69, 9.17) is 10.9 Å². The van der Waals surface area contributed by atoms with Crippen LogP contribution in [0.25, 0.3) is 0 Å². The van der Waals surface area contributed by atoms with Crippen LogP contribution in [0.2, 0.25) is 0 Å². The largest absolute Gasteiger partial charge is 0.409 e. The summed E-state index contributed by atoms with van der Waals surface area (Å²) in [5, 5.41) is 11.6. The molecule has 1 rings (SSSR count). The van der Waals surface area contributed by atoms with Gasteiger partial charge in [-0.1, -0.05) is 12.1 Å². The monoisotopic (exact) mass is 242 g/mol. The van der Waals surface area contributed by atoms with Crippen LogP contribution in [0.15, 0.2) is 10.7 Å². The fourth-order valence-corrected chi connectivity index (χ4v) is 2.30. The second-order valence-electron chi connectivity index (χ2n) is 3.98. The van der Waals surface area contributed by atoms with Gasteiger partial charge in [0.05, 0.1) is 11.2 Å². The molecule has 0 amide bonds. The molecule has 0 bridgehead atoms. The number of oxime groups is 1. The number of aryl methyl sites for hydroxylation is 1. The molecule has 0 radical (unpaired) electrons. The Bertz CT molecular complexity index is 363. The molecule has 0 saturated carbocycles. The summed E-state index contributed by atoms with van der Waals surface area (Å²) in [6, 6.07) is 0. The van der Waals surface area contributed by atoms with Gasteiger partial charge < -0.3 is 15.8 Å². The topological polar surface area (TPSA) is 74.7 Å². The van der Waals surface area contributed by atoms with Crippen molar-refractivity contribution in [1.29, 1.82) is 0 Å². The van der Waals surface area contributed by atoms with Crippen molar-refractivity contribution in [1.82, 2.24) is 9.88 Å². The van der Waals surface area contributed by atoms with Crippen molar-refractivity contribution in [2.24, 2.45) is 16.8 Å². The van der Waals surface area contributed by atoms with Gasteiger partial charge in [-0.3, -0.25) is 0 Å². The van der Waals surface area contributed by atoms with Gasteiger partial charge in [-0.15, -0.1) is 11.3 Å². The van der Waals surface area contributed by atoms with Crippen LogP contribution in [-0.4, -0.2) is 34.5 Å². The fourth-order valence-electron chi connectivity index (χ4n) is 1.45. The van der Waals surface area contributed by atoms with E-state index in [-0.39, 0.29) is 11.8 Å². The first-order chi connectivity index (χ1) is 7.54. The van der Waals surface area contributed by atoms with E-state index in [1.54, 1.807) is 11.3 Å². The molecule has 0 aromatic carbocycles. The number of hydrogen-bond donors (Lipinski definition) is 2. The minimum absolute atomic E-state index is 0.0447. The summed E-state index contributed by atoms with van der Waals surface area (Å²) in [7, 11) is 2.01. The molecule has 0 spiro atoms. The third kappa shape index (κ3) is 3.46. The average Bonchev–Trinajstić information content (AvgIpc) is 2.63. The van der Waals surface area contributed by atoms with Crippen molar-refractivity contribution in [2.45, 2.75) is 20.4 Å². The number of amidine groups is 1. The first-order valence-corrected chi connectivity index (χ1v) is 5.97. The highest BCUT2D eigenvalue weighted by molar-refractivity contribution is 7.09. The van der Waals surface area contributed by atoms with Crippen LogP contribution in [0.3, 0.4) is 0 Å². The quantitative estimate of drug-likeness (QED) is 0.353. The lowest BCUT2D eigenvalue weighted by Gasteiger charge is -2.19. The molecular formula is C10H18N4OS. The summed E-state index contributed by atoms with van der Waals surface area (Å²) in [4.78, 5) is 7.60. The molecule has 0 fully saturated rings. The molecule has 3 N–H and O–H groups in total. The van der Waals surface area contributed by atoms with Gasteiger partial charge in [-0.05, 0) is 14.0 Å². The lowest BCUT2D eigenvalue weighted by atomic mass is 10.1. The summed E-state index contributed by atoms with van der Waals surface area (Å²) in [5.41, 5.74) is 8.46. The summed E-state index contributed by atoms with van der Waals surface area (Å²) >= 11 is 1.66. The van der Waals surface area contributed by atoms with Crippen LogP contribution in [0.1, 0.15) is 17.5 Å². The van der Waals surface area contributed by atoms with E-state index in [1.165, 1.54) is 4.88 Å². The Labute approximate surface area is 99.6 Å². The number of nitrogens with zero attached hydrogens (tertiary/aromatic N) is 3. The maximum Gasteiger partial charge on any atom is 0.143 e. The van der Waals surface area contributed by atoms with Crippen molar-refractivity contribution >= 4 is 17.2 Å². The summed E-state index contributed by atoms with van der Waals surface area (Å²) in [6.45, 7) is 5.55. The van der Waals surface area contributed by atoms with Crippen molar-refractivity contribution in [3.8, 4) is 0 Å². The van der Waals surface area contributed by atoms with Crippen molar-refractivity contribution in [3.63, 3.8) is 0 Å². The normalized spacial score (nSPS) is 14.4. The zero-order chi connectivity index (χ0) is 12.1. The minimum atomic E-state index is 0.0447. The predicted octanol–water partition coefficient (Wildman–Crippen LogP) is 1.27. The molecule has 1 heterocycles. The number of rotatable bonds is 5. The van der Waals surface area contributed by atoms with E-state index >= 15 is 0 Å². The van der Waals surface area contributed by atoms with Crippen molar-refractivity contribution in [3.05, 3.63) is 16.1 Å². The van der Waals surface area contributed by atoms with Crippen molar-refractivity contribution < 1.29 is 5.21 Å². The number of aromatic nitrogens is 1. The van der Waals surface area contributed by atoms with Gasteiger partial charge in [0.25, 0.3) is 0 Å². The number of nitrogens with two attached hydrogens (primary N) is 1. The van der Waals surface area contributed by atoms with Crippen molar-refractivity contribution in [2.75, 3.05) is 13.6 Å². The highest BCUT2D eigenvalue weighted by Gasteiger charge is 2.12. The molecule has 0 aliphatic carbocycles. The van der Waals surface area contributed by atoms with Crippen LogP contribution in [0, 0.1) is 12.8 Å². The molecule has 1 aromatic rings. The smallest absolute Gasteiger partial charge is 0.143 e. The highest BCUT2D eigenvalue weighted by atomic mass is 32.1. The molecule has 1 atom stereocenters. The molecular weight excluding hydrogens is 224 g/mol. The van der Waals surface area contributed by atoms with Crippen LogP contribution < -0.4 is 5.73 Å². The fraction of sp³-hybridized carbons (Fsp3) is 0.600. The zero-order valence-corrected chi connectivity index (χ0v) is 10.7. The third-order valence-corrected chi connectivity index (χ3v) is 3.38. The first kappa shape index (κ1) is 12.9. The Kier molecular flexibility index (Phi) is 4.70. The van der Waals surface area contributed by atoms with E-state index in [0.717, 1.165) is 18.8 Å². The number of hydrogen-bond acceptors (Lipinski definition) is 5. The molecule has 90 valence electrons. The second-order valence-corrected chi connectivity index (χ2v) is 4.92. The van der Waals surface area contributed by atoms with Crippen LogP contribution >= 0.6 is 11.3 Å². The summed E-state index contributed by atoms with van der Waals surface area (Å²) in [5.74, 6) is 0.316. The lowest BCUT2D eigenvalue weighted by molar-refractivity contribution is 0.291. The second kappa shape index (κ2) is 5.81. The minimum Gasteiger partial charge on any atom is -0.409 e. The standard InChI is InChI=1S/C10H18N4OS/c1-7(10(11)13-15)4-14(3)5-9-8(2)12-6-16-9/h6-7,15H,4-5H2,1-3H3,(H2,11,13). The molecule has 6 heteroatoms. The van der Waals surface area contributed by atoms with Gasteiger partial charge in [-0.25, -0.2) is 4.98 Å². The highest BCUT2D eigenvalue weighted by Crippen LogP contribution is 2.14. The third-order valence-electron chi connectivity index (χ3n) is 2.46. The Hall–Kier alpha value is -1.14. The van der Waals surface area contributed by atoms with Gasteiger partial charge in [0.1, 0.15) is 5.84 Å². The first-order valence-electron chi connectivity index (χ1n) is 5.09. The Balaban J connectivity index is 2.48. The number of thiazole rings is 1. The average molecular weight is 242 g/mol. The van der Waals surface area contributed by atoms with Gasteiger partial charge >= 0.3 is 0 Å². The predicted molar refractivity (Wildman–Crippen MR) is 65.8 cm³/mol. The molecule has 16 heavy (non-hydrogen) atoms. The van der Waals surface area contributed by atoms with Crippen LogP contribution in [0.5, 0.6) is 0 Å². The van der Waals surface area contributed by atoms with Crippen LogP contribution in [0.4, 0.5) is 0 Å². The van der Waals surface area contributed by atoms with Gasteiger partial charge in [0.2, 0.25) is 0 Å². The van der Waals surface area contributed by atoms with Gasteiger partial charge in [0.15, 0.2) is 0 Å². The molecule has 0 aliphatic heterocycles. The Morgan fingerprint density at radius 3 is 2.94 bits per heavy atom. The zero-order valence-electron chi connectivity index (χ0n) is 9.84. The Morgan fingerprint density at radius 2 is 2.44 bits per heavy atom. The van der Waals surface area contributed by atoms with E-state index in [1.807, 2.05) is 26.4 Å². The summed E-state index contributed by atoms with van der Waals surface area (Å²) < 4.78 is 0. The summed E-state index contributed by atoms with van der Waals surface area (Å²) in [6.07, 6.45) is 0. The molecule has 1 unspecified atom stereocenters.